The van der Waals surface area contributed by atoms with Crippen LogP contribution in [0.3, 0.4) is 0 Å². The first-order valence-electron chi connectivity index (χ1n) is 11.0. The van der Waals surface area contributed by atoms with Crippen molar-refractivity contribution in [2.24, 2.45) is 0 Å². The zero-order chi connectivity index (χ0) is 24.9. The summed E-state index contributed by atoms with van der Waals surface area (Å²) in [5, 5.41) is 16.9. The molecule has 0 saturated carbocycles. The molecule has 5 heteroatoms. The van der Waals surface area contributed by atoms with E-state index in [1.54, 1.807) is 12.2 Å². The standard InChI is InChI=1S/C23H28N4.C6H5Cl/c1-26(2)22-13-7-18(8-14-22)5-11-20(24)17-21(25)12-6-19-9-15-23(16-10-19)27(3)4;7-6-4-2-1-3-5-6/h5-16,24-25H,17H2,1-4H3;1-5H. The van der Waals surface area contributed by atoms with Gasteiger partial charge in [-0.25, -0.2) is 0 Å². The monoisotopic (exact) mass is 472 g/mol. The highest BCUT2D eigenvalue weighted by atomic mass is 35.5. The van der Waals surface area contributed by atoms with Gasteiger partial charge in [0.15, 0.2) is 0 Å². The zero-order valence-corrected chi connectivity index (χ0v) is 21.1. The highest BCUT2D eigenvalue weighted by Crippen LogP contribution is 2.14. The molecule has 0 spiro atoms. The molecule has 4 nitrogen and oxygen atoms in total. The maximum Gasteiger partial charge on any atom is 0.0405 e. The number of rotatable bonds is 8. The van der Waals surface area contributed by atoms with Gasteiger partial charge in [-0.3, -0.25) is 0 Å². The first kappa shape index (κ1) is 26.6. The number of hydrogen-bond donors (Lipinski definition) is 2. The summed E-state index contributed by atoms with van der Waals surface area (Å²) in [6.07, 6.45) is 7.67. The highest BCUT2D eigenvalue weighted by molar-refractivity contribution is 6.30. The van der Waals surface area contributed by atoms with E-state index in [1.165, 1.54) is 0 Å². The molecule has 0 fully saturated rings. The quantitative estimate of drug-likeness (QED) is 0.337. The van der Waals surface area contributed by atoms with E-state index in [4.69, 9.17) is 22.4 Å². The maximum atomic E-state index is 8.06. The summed E-state index contributed by atoms with van der Waals surface area (Å²) in [6, 6.07) is 25.8. The molecule has 0 saturated heterocycles. The molecular formula is C29H33ClN4. The molecule has 3 aromatic carbocycles. The second kappa shape index (κ2) is 13.8. The van der Waals surface area contributed by atoms with Gasteiger partial charge in [-0.15, -0.1) is 0 Å². The Hall–Kier alpha value is -3.63. The van der Waals surface area contributed by atoms with Crippen molar-refractivity contribution in [2.45, 2.75) is 6.42 Å². The Balaban J connectivity index is 0.000000497. The summed E-state index contributed by atoms with van der Waals surface area (Å²) in [7, 11) is 8.04. The number of anilines is 2. The van der Waals surface area contributed by atoms with Crippen LogP contribution in [0.2, 0.25) is 5.02 Å². The first-order valence-corrected chi connectivity index (χ1v) is 11.4. The van der Waals surface area contributed by atoms with Crippen LogP contribution in [-0.2, 0) is 0 Å². The zero-order valence-electron chi connectivity index (χ0n) is 20.3. The van der Waals surface area contributed by atoms with E-state index in [0.717, 1.165) is 27.5 Å². The Bertz CT molecular complexity index is 1030. The molecule has 0 aromatic heterocycles. The van der Waals surface area contributed by atoms with Gasteiger partial charge >= 0.3 is 0 Å². The van der Waals surface area contributed by atoms with Crippen molar-refractivity contribution in [2.75, 3.05) is 38.0 Å². The molecule has 3 rings (SSSR count). The van der Waals surface area contributed by atoms with Gasteiger partial charge in [0.2, 0.25) is 0 Å². The average molecular weight is 473 g/mol. The summed E-state index contributed by atoms with van der Waals surface area (Å²) in [5.74, 6) is 0. The number of hydrogen-bond acceptors (Lipinski definition) is 4. The van der Waals surface area contributed by atoms with Gasteiger partial charge in [0.05, 0.1) is 0 Å². The van der Waals surface area contributed by atoms with Gasteiger partial charge in [-0.05, 0) is 59.7 Å². The Morgan fingerprint density at radius 1 is 0.647 bits per heavy atom. The van der Waals surface area contributed by atoms with E-state index in [1.807, 2.05) is 94.9 Å². The number of nitrogens with one attached hydrogen (secondary N) is 2. The van der Waals surface area contributed by atoms with Crippen molar-refractivity contribution in [1.82, 2.24) is 0 Å². The third-order valence-corrected chi connectivity index (χ3v) is 5.14. The molecule has 0 unspecified atom stereocenters. The van der Waals surface area contributed by atoms with Gasteiger partial charge in [0.1, 0.15) is 0 Å². The minimum atomic E-state index is 0.318. The Morgan fingerprint density at radius 2 is 1.03 bits per heavy atom. The van der Waals surface area contributed by atoms with Crippen LogP contribution in [0.1, 0.15) is 17.5 Å². The Labute approximate surface area is 208 Å². The fraction of sp³-hybridized carbons (Fsp3) is 0.172. The molecule has 0 aliphatic rings. The van der Waals surface area contributed by atoms with Gasteiger partial charge < -0.3 is 20.6 Å². The summed E-state index contributed by atoms with van der Waals surface area (Å²) in [5.41, 5.74) is 5.23. The highest BCUT2D eigenvalue weighted by Gasteiger charge is 1.99. The third kappa shape index (κ3) is 9.88. The Morgan fingerprint density at radius 3 is 1.32 bits per heavy atom. The largest absolute Gasteiger partial charge is 0.378 e. The van der Waals surface area contributed by atoms with Crippen LogP contribution in [0.5, 0.6) is 0 Å². The topological polar surface area (TPSA) is 54.2 Å². The second-order valence-corrected chi connectivity index (χ2v) is 8.60. The average Bonchev–Trinajstić information content (AvgIpc) is 2.83. The molecule has 176 valence electrons. The van der Waals surface area contributed by atoms with E-state index < -0.39 is 0 Å². The lowest BCUT2D eigenvalue weighted by Gasteiger charge is -2.11. The summed E-state index contributed by atoms with van der Waals surface area (Å²) >= 11 is 5.54. The van der Waals surface area contributed by atoms with E-state index in [9.17, 15) is 0 Å². The summed E-state index contributed by atoms with van der Waals surface area (Å²) in [6.45, 7) is 0. The van der Waals surface area contributed by atoms with E-state index >= 15 is 0 Å². The lowest BCUT2D eigenvalue weighted by molar-refractivity contribution is 1.13. The van der Waals surface area contributed by atoms with Crippen molar-refractivity contribution in [1.29, 1.82) is 10.8 Å². The van der Waals surface area contributed by atoms with E-state index in [2.05, 4.69) is 34.1 Å². The smallest absolute Gasteiger partial charge is 0.0405 e. The van der Waals surface area contributed by atoms with E-state index in [0.29, 0.717) is 17.8 Å². The molecule has 0 amide bonds. The molecular weight excluding hydrogens is 440 g/mol. The fourth-order valence-corrected chi connectivity index (χ4v) is 3.04. The lowest BCUT2D eigenvalue weighted by atomic mass is 10.1. The number of allylic oxidation sites excluding steroid dienone is 2. The first-order chi connectivity index (χ1) is 16.2. The number of benzene rings is 3. The molecule has 0 bridgehead atoms. The lowest BCUT2D eigenvalue weighted by Crippen LogP contribution is -2.07. The molecule has 0 radical (unpaired) electrons. The molecule has 3 aromatic rings. The van der Waals surface area contributed by atoms with Crippen molar-refractivity contribution in [3.8, 4) is 0 Å². The SMILES string of the molecule is CN(C)c1ccc(C=CC(=N)CC(=N)C=Cc2ccc(N(C)C)cc2)cc1.Clc1ccccc1. The third-order valence-electron chi connectivity index (χ3n) is 4.89. The predicted octanol–water partition coefficient (Wildman–Crippen LogP) is 7.31. The van der Waals surface area contributed by atoms with Crippen LogP contribution < -0.4 is 9.80 Å². The molecule has 2 N–H and O–H groups in total. The number of halogens is 1. The minimum absolute atomic E-state index is 0.318. The van der Waals surface area contributed by atoms with Gasteiger partial charge in [0, 0.05) is 62.4 Å². The predicted molar refractivity (Wildman–Crippen MR) is 151 cm³/mol. The molecule has 0 atom stereocenters. The second-order valence-electron chi connectivity index (χ2n) is 8.16. The van der Waals surface area contributed by atoms with Crippen LogP contribution >= 0.6 is 11.6 Å². The van der Waals surface area contributed by atoms with Gasteiger partial charge in [-0.1, -0.05) is 66.2 Å². The fourth-order valence-electron chi connectivity index (χ4n) is 2.90. The minimum Gasteiger partial charge on any atom is -0.378 e. The normalized spacial score (nSPS) is 10.6. The Kier molecular flexibility index (Phi) is 10.8. The van der Waals surface area contributed by atoms with E-state index in [-0.39, 0.29) is 0 Å². The summed E-state index contributed by atoms with van der Waals surface area (Å²) < 4.78 is 0. The molecule has 0 heterocycles. The number of nitrogens with zero attached hydrogens (tertiary/aromatic N) is 2. The van der Waals surface area contributed by atoms with Crippen molar-refractivity contribution >= 4 is 46.6 Å². The molecule has 0 aliphatic heterocycles. The van der Waals surface area contributed by atoms with Crippen LogP contribution in [0, 0.1) is 10.8 Å². The van der Waals surface area contributed by atoms with Gasteiger partial charge in [-0.2, -0.15) is 0 Å². The van der Waals surface area contributed by atoms with Crippen LogP contribution in [0.4, 0.5) is 11.4 Å². The molecule has 0 aliphatic carbocycles. The van der Waals surface area contributed by atoms with Crippen LogP contribution in [-0.4, -0.2) is 39.6 Å². The van der Waals surface area contributed by atoms with Crippen LogP contribution in [0.25, 0.3) is 12.2 Å². The van der Waals surface area contributed by atoms with Crippen LogP contribution in [0.15, 0.2) is 91.0 Å². The molecule has 34 heavy (non-hydrogen) atoms. The maximum absolute atomic E-state index is 8.06. The van der Waals surface area contributed by atoms with Crippen molar-refractivity contribution < 1.29 is 0 Å². The van der Waals surface area contributed by atoms with Gasteiger partial charge in [0.25, 0.3) is 0 Å². The van der Waals surface area contributed by atoms with Crippen molar-refractivity contribution in [3.05, 3.63) is 107 Å². The summed E-state index contributed by atoms with van der Waals surface area (Å²) in [4.78, 5) is 4.11. The van der Waals surface area contributed by atoms with Crippen molar-refractivity contribution in [3.63, 3.8) is 0 Å².